The van der Waals surface area contributed by atoms with Crippen molar-refractivity contribution in [1.29, 1.82) is 0 Å². The van der Waals surface area contributed by atoms with Crippen molar-refractivity contribution in [2.45, 2.75) is 122 Å². The molecule has 1 saturated heterocycles. The minimum absolute atomic E-state index is 0.0225. The number of esters is 8. The van der Waals surface area contributed by atoms with Gasteiger partial charge in [-0.15, -0.1) is 0 Å². The average Bonchev–Trinajstić information content (AvgIpc) is 3.41. The molecule has 62 heavy (non-hydrogen) atoms. The van der Waals surface area contributed by atoms with Crippen LogP contribution in [0.2, 0.25) is 0 Å². The lowest BCUT2D eigenvalue weighted by Crippen LogP contribution is -2.89. The van der Waals surface area contributed by atoms with Gasteiger partial charge in [-0.3, -0.25) is 33.8 Å². The van der Waals surface area contributed by atoms with Crippen LogP contribution >= 0.6 is 0 Å². The largest absolute Gasteiger partial charge is 0.465 e. The standard InChI is InChI=1S/C43H49NO18/c1-21-16-17-29-28(15-12-18-44-29)39(52)55-19-40(7)30-31(56-23(3)46)35(58-25(5)48)42(20-54-22(2)45)36(59-26(6)49)32(60-38(51)27-13-10-9-11-14-27)34(61-37(21)50)41(8,53)43(42,62-40)33(30)57-24(4)47/h9-15,18,21,30-36,53H,16-17,19-20H2,1-8H3/t21-,30+,31+,32-,33+,34-,35+,36-,40-,41-,42+,43-/m1/s1. The maximum absolute atomic E-state index is 14.4. The van der Waals surface area contributed by atoms with Gasteiger partial charge in [0.2, 0.25) is 0 Å². The van der Waals surface area contributed by atoms with Crippen molar-refractivity contribution < 1.29 is 86.1 Å². The molecule has 2 saturated carbocycles. The molecule has 0 amide bonds. The molecule has 0 radical (unpaired) electrons. The molecule has 1 aromatic carbocycles. The average molecular weight is 868 g/mol. The lowest BCUT2D eigenvalue weighted by Gasteiger charge is -2.67. The monoisotopic (exact) mass is 867 g/mol. The summed E-state index contributed by atoms with van der Waals surface area (Å²) in [4.78, 5) is 113. The van der Waals surface area contributed by atoms with Gasteiger partial charge in [-0.2, -0.15) is 0 Å². The Morgan fingerprint density at radius 3 is 1.97 bits per heavy atom. The zero-order valence-electron chi connectivity index (χ0n) is 35.4. The van der Waals surface area contributed by atoms with Crippen LogP contribution in [0, 0.1) is 17.3 Å². The maximum atomic E-state index is 14.4. The zero-order valence-corrected chi connectivity index (χ0v) is 35.4. The quantitative estimate of drug-likeness (QED) is 0.295. The molecule has 6 rings (SSSR count). The van der Waals surface area contributed by atoms with E-state index in [1.165, 1.54) is 56.4 Å². The van der Waals surface area contributed by atoms with Crippen LogP contribution in [0.5, 0.6) is 0 Å². The number of rotatable bonds is 8. The van der Waals surface area contributed by atoms with Gasteiger partial charge in [-0.1, -0.05) is 25.1 Å². The normalized spacial score (nSPS) is 35.0. The maximum Gasteiger partial charge on any atom is 0.340 e. The van der Waals surface area contributed by atoms with Gasteiger partial charge in [0.1, 0.15) is 42.0 Å². The number of carbonyl (C=O) groups excluding carboxylic acids is 8. The second-order valence-electron chi connectivity index (χ2n) is 16.4. The number of cyclic esters (lactones) is 1. The van der Waals surface area contributed by atoms with Crippen molar-refractivity contribution in [1.82, 2.24) is 4.98 Å². The summed E-state index contributed by atoms with van der Waals surface area (Å²) < 4.78 is 55.3. The van der Waals surface area contributed by atoms with Crippen molar-refractivity contribution in [3.8, 4) is 0 Å². The van der Waals surface area contributed by atoms with E-state index in [9.17, 15) is 43.5 Å². The van der Waals surface area contributed by atoms with E-state index in [0.717, 1.165) is 41.5 Å². The summed E-state index contributed by atoms with van der Waals surface area (Å²) in [6.07, 6.45) is -10.6. The van der Waals surface area contributed by atoms with Gasteiger partial charge in [0.15, 0.2) is 30.0 Å². The third-order valence-electron chi connectivity index (χ3n) is 12.1. The van der Waals surface area contributed by atoms with Crippen LogP contribution in [0.15, 0.2) is 48.7 Å². The van der Waals surface area contributed by atoms with Crippen LogP contribution in [0.4, 0.5) is 0 Å². The first kappa shape index (κ1) is 45.6. The Labute approximate surface area is 355 Å². The van der Waals surface area contributed by atoms with E-state index in [2.05, 4.69) is 4.98 Å². The minimum atomic E-state index is -2.86. The Hall–Kier alpha value is -5.95. The summed E-state index contributed by atoms with van der Waals surface area (Å²) in [5.41, 5.74) is -10.1. The fraction of sp³-hybridized carbons (Fsp3) is 0.558. The van der Waals surface area contributed by atoms with Crippen molar-refractivity contribution in [3.05, 3.63) is 65.5 Å². The van der Waals surface area contributed by atoms with Gasteiger partial charge in [-0.25, -0.2) is 9.59 Å². The Morgan fingerprint density at radius 1 is 0.774 bits per heavy atom. The molecule has 4 bridgehead atoms. The number of aryl methyl sites for hydroxylation is 1. The predicted octanol–water partition coefficient (Wildman–Crippen LogP) is 2.16. The van der Waals surface area contributed by atoms with E-state index in [0.29, 0.717) is 0 Å². The number of fused-ring (bicyclic) bond motifs is 5. The van der Waals surface area contributed by atoms with Gasteiger partial charge >= 0.3 is 47.8 Å². The SMILES string of the molecule is CC(=O)OC[C@]12[C@H](OC(C)=O)[C@H](OC(=O)c3ccccc3)[C@H]3OC(=O)[C@H](C)CCc4ncccc4C(=O)OC[C@@]4(C)O[C@]1([C@@H](OC(C)=O)[C@@H]4[C@H](OC(C)=O)[C@@H]2OC(C)=O)[C@]3(C)O. The Kier molecular flexibility index (Phi) is 12.6. The number of ether oxygens (including phenoxy) is 9. The molecule has 4 aliphatic rings. The fourth-order valence-corrected chi connectivity index (χ4v) is 9.73. The van der Waals surface area contributed by atoms with Gasteiger partial charge in [0, 0.05) is 40.8 Å². The third-order valence-corrected chi connectivity index (χ3v) is 12.1. The highest BCUT2D eigenvalue weighted by molar-refractivity contribution is 5.91. The molecule has 2 aromatic rings. The van der Waals surface area contributed by atoms with Gasteiger partial charge in [0.05, 0.1) is 28.7 Å². The van der Waals surface area contributed by atoms with Crippen LogP contribution in [-0.2, 0) is 77.8 Å². The molecule has 12 atom stereocenters. The molecule has 1 aromatic heterocycles. The van der Waals surface area contributed by atoms with E-state index >= 15 is 0 Å². The predicted molar refractivity (Wildman–Crippen MR) is 205 cm³/mol. The second kappa shape index (κ2) is 17.1. The topological polar surface area (TPSA) is 253 Å². The second-order valence-corrected chi connectivity index (χ2v) is 16.4. The number of benzene rings is 1. The van der Waals surface area contributed by atoms with E-state index in [1.807, 2.05) is 0 Å². The highest BCUT2D eigenvalue weighted by Gasteiger charge is 2.92. The third kappa shape index (κ3) is 7.76. The molecule has 1 N–H and O–H groups in total. The summed E-state index contributed by atoms with van der Waals surface area (Å²) in [5.74, 6) is -10.7. The van der Waals surface area contributed by atoms with Crippen molar-refractivity contribution >= 4 is 47.8 Å². The van der Waals surface area contributed by atoms with Gasteiger partial charge < -0.3 is 47.7 Å². The number of hydrogen-bond acceptors (Lipinski definition) is 19. The molecular weight excluding hydrogens is 818 g/mol. The van der Waals surface area contributed by atoms with Crippen molar-refractivity contribution in [2.24, 2.45) is 17.3 Å². The first-order chi connectivity index (χ1) is 29.1. The Balaban J connectivity index is 1.77. The molecule has 3 heterocycles. The fourth-order valence-electron chi connectivity index (χ4n) is 9.73. The van der Waals surface area contributed by atoms with Crippen LogP contribution < -0.4 is 0 Å². The highest BCUT2D eigenvalue weighted by atomic mass is 16.7. The van der Waals surface area contributed by atoms with E-state index < -0.39 is 132 Å². The number of aromatic nitrogens is 1. The Morgan fingerprint density at radius 2 is 1.37 bits per heavy atom. The zero-order chi connectivity index (χ0) is 45.5. The summed E-state index contributed by atoms with van der Waals surface area (Å²) in [7, 11) is 0. The molecule has 334 valence electrons. The first-order valence-corrected chi connectivity index (χ1v) is 19.9. The lowest BCUT2D eigenvalue weighted by atomic mass is 9.45. The molecule has 2 aliphatic heterocycles. The van der Waals surface area contributed by atoms with Gasteiger partial charge in [0.25, 0.3) is 0 Å². The molecule has 2 aliphatic carbocycles. The number of pyridine rings is 1. The van der Waals surface area contributed by atoms with Crippen LogP contribution in [0.25, 0.3) is 0 Å². The number of aliphatic hydroxyl groups is 1. The Bertz CT molecular complexity index is 2140. The number of hydrogen-bond donors (Lipinski definition) is 1. The smallest absolute Gasteiger partial charge is 0.340 e. The van der Waals surface area contributed by atoms with Crippen LogP contribution in [0.1, 0.15) is 88.2 Å². The van der Waals surface area contributed by atoms with Crippen molar-refractivity contribution in [3.63, 3.8) is 0 Å². The summed E-state index contributed by atoms with van der Waals surface area (Å²) in [5, 5.41) is 13.6. The summed E-state index contributed by atoms with van der Waals surface area (Å²) in [6.45, 7) is 7.16. The summed E-state index contributed by atoms with van der Waals surface area (Å²) in [6, 6.07) is 10.4. The van der Waals surface area contributed by atoms with Crippen LogP contribution in [-0.4, -0.2) is 124 Å². The van der Waals surface area contributed by atoms with Crippen molar-refractivity contribution in [2.75, 3.05) is 13.2 Å². The molecule has 19 heteroatoms. The minimum Gasteiger partial charge on any atom is -0.465 e. The van der Waals surface area contributed by atoms with E-state index in [4.69, 9.17) is 42.6 Å². The lowest BCUT2D eigenvalue weighted by molar-refractivity contribution is -0.386. The molecule has 1 spiro atoms. The van der Waals surface area contributed by atoms with Gasteiger partial charge in [-0.05, 0) is 51.0 Å². The number of carbonyl (C=O) groups is 8. The first-order valence-electron chi connectivity index (χ1n) is 19.9. The van der Waals surface area contributed by atoms with E-state index in [-0.39, 0.29) is 29.7 Å². The van der Waals surface area contributed by atoms with E-state index in [1.54, 1.807) is 6.07 Å². The molecule has 0 unspecified atom stereocenters. The number of nitrogens with zero attached hydrogens (tertiary/aromatic N) is 1. The molecule has 19 nitrogen and oxygen atoms in total. The molecular formula is C43H49NO18. The summed E-state index contributed by atoms with van der Waals surface area (Å²) >= 11 is 0. The van der Waals surface area contributed by atoms with Crippen LogP contribution in [0.3, 0.4) is 0 Å². The highest BCUT2D eigenvalue weighted by Crippen LogP contribution is 2.70. The molecule has 3 fully saturated rings.